The summed E-state index contributed by atoms with van der Waals surface area (Å²) in [6.07, 6.45) is 0.822. The summed E-state index contributed by atoms with van der Waals surface area (Å²) < 4.78 is 0. The number of nitrogens with one attached hydrogen (secondary N) is 1. The molecule has 2 amide bonds. The standard InChI is InChI=1S/C23H28Cl2N2O2S/c1-5-16(3)26-23(29)17(4)27(13-18-8-11-20(24)21(25)12-18)22(28)14-30-19-9-6-15(2)7-10-19/h6-12,16-17H,5,13-14H2,1-4H3,(H,26,29)/t16-,17-/m1/s1. The van der Waals surface area contributed by atoms with Crippen LogP contribution in [0.2, 0.25) is 10.0 Å². The predicted octanol–water partition coefficient (Wildman–Crippen LogP) is 5.73. The number of halogens is 2. The van der Waals surface area contributed by atoms with Gasteiger partial charge < -0.3 is 10.2 Å². The molecular formula is C23H28Cl2N2O2S. The molecule has 0 bridgehead atoms. The largest absolute Gasteiger partial charge is 0.352 e. The summed E-state index contributed by atoms with van der Waals surface area (Å²) in [5, 5.41) is 3.84. The van der Waals surface area contributed by atoms with Crippen molar-refractivity contribution < 1.29 is 9.59 Å². The van der Waals surface area contributed by atoms with E-state index >= 15 is 0 Å². The van der Waals surface area contributed by atoms with Crippen molar-refractivity contribution in [2.75, 3.05) is 5.75 Å². The zero-order valence-corrected chi connectivity index (χ0v) is 20.1. The highest BCUT2D eigenvalue weighted by Gasteiger charge is 2.27. The van der Waals surface area contributed by atoms with Gasteiger partial charge >= 0.3 is 0 Å². The van der Waals surface area contributed by atoms with Gasteiger partial charge in [-0.2, -0.15) is 0 Å². The third kappa shape index (κ3) is 7.22. The van der Waals surface area contributed by atoms with Crippen LogP contribution in [0.1, 0.15) is 38.3 Å². The average Bonchev–Trinajstić information content (AvgIpc) is 2.73. The molecule has 162 valence electrons. The first-order valence-corrected chi connectivity index (χ1v) is 11.7. The number of nitrogens with zero attached hydrogens (tertiary/aromatic N) is 1. The Bertz CT molecular complexity index is 874. The molecule has 0 saturated carbocycles. The van der Waals surface area contributed by atoms with Crippen LogP contribution in [0.3, 0.4) is 0 Å². The zero-order valence-electron chi connectivity index (χ0n) is 17.7. The Morgan fingerprint density at radius 3 is 2.33 bits per heavy atom. The maximum absolute atomic E-state index is 13.1. The van der Waals surface area contributed by atoms with Gasteiger partial charge in [-0.1, -0.05) is 53.9 Å². The van der Waals surface area contributed by atoms with E-state index < -0.39 is 6.04 Å². The summed E-state index contributed by atoms with van der Waals surface area (Å²) >= 11 is 13.6. The second-order valence-corrected chi connectivity index (χ2v) is 9.23. The van der Waals surface area contributed by atoms with Crippen molar-refractivity contribution in [2.45, 2.75) is 57.6 Å². The molecule has 0 aliphatic rings. The normalized spacial score (nSPS) is 12.9. The van der Waals surface area contributed by atoms with Crippen LogP contribution < -0.4 is 5.32 Å². The molecule has 0 aliphatic heterocycles. The SMILES string of the molecule is CC[C@@H](C)NC(=O)[C@@H](C)N(Cc1ccc(Cl)c(Cl)c1)C(=O)CSc1ccc(C)cc1. The molecule has 7 heteroatoms. The zero-order chi connectivity index (χ0) is 22.3. The summed E-state index contributed by atoms with van der Waals surface area (Å²) in [5.41, 5.74) is 1.99. The number of benzene rings is 2. The fraction of sp³-hybridized carbons (Fsp3) is 0.391. The molecule has 0 fully saturated rings. The summed E-state index contributed by atoms with van der Waals surface area (Å²) in [4.78, 5) is 28.4. The van der Waals surface area contributed by atoms with E-state index in [0.29, 0.717) is 10.0 Å². The van der Waals surface area contributed by atoms with E-state index in [1.54, 1.807) is 24.0 Å². The Balaban J connectivity index is 2.17. The number of carbonyl (C=O) groups is 2. The molecule has 0 radical (unpaired) electrons. The second kappa shape index (κ2) is 11.6. The molecule has 0 saturated heterocycles. The van der Waals surface area contributed by atoms with Crippen molar-refractivity contribution >= 4 is 46.8 Å². The first kappa shape index (κ1) is 24.6. The molecule has 2 rings (SSSR count). The molecule has 2 aromatic rings. The van der Waals surface area contributed by atoms with Gasteiger partial charge in [0, 0.05) is 17.5 Å². The van der Waals surface area contributed by atoms with Crippen LogP contribution in [-0.2, 0) is 16.1 Å². The third-order valence-corrected chi connectivity index (χ3v) is 6.62. The smallest absolute Gasteiger partial charge is 0.242 e. The number of carbonyl (C=O) groups excluding carboxylic acids is 2. The van der Waals surface area contributed by atoms with Crippen LogP contribution in [0.4, 0.5) is 0 Å². The molecular weight excluding hydrogens is 439 g/mol. The summed E-state index contributed by atoms with van der Waals surface area (Å²) in [7, 11) is 0. The highest BCUT2D eigenvalue weighted by Crippen LogP contribution is 2.25. The van der Waals surface area contributed by atoms with Crippen molar-refractivity contribution in [2.24, 2.45) is 0 Å². The minimum Gasteiger partial charge on any atom is -0.352 e. The topological polar surface area (TPSA) is 49.4 Å². The van der Waals surface area contributed by atoms with Crippen molar-refractivity contribution in [3.63, 3.8) is 0 Å². The summed E-state index contributed by atoms with van der Waals surface area (Å²) in [6.45, 7) is 8.01. The van der Waals surface area contributed by atoms with Gasteiger partial charge in [0.25, 0.3) is 0 Å². The molecule has 2 aromatic carbocycles. The van der Waals surface area contributed by atoms with Gasteiger partial charge in [-0.15, -0.1) is 11.8 Å². The Kier molecular flexibility index (Phi) is 9.53. The van der Waals surface area contributed by atoms with Crippen LogP contribution >= 0.6 is 35.0 Å². The van der Waals surface area contributed by atoms with Gasteiger partial charge in [-0.05, 0) is 57.0 Å². The summed E-state index contributed by atoms with van der Waals surface area (Å²) in [6, 6.07) is 12.7. The lowest BCUT2D eigenvalue weighted by molar-refractivity contribution is -0.138. The number of hydrogen-bond acceptors (Lipinski definition) is 3. The quantitative estimate of drug-likeness (QED) is 0.480. The third-order valence-electron chi connectivity index (χ3n) is 4.89. The number of hydrogen-bond donors (Lipinski definition) is 1. The van der Waals surface area contributed by atoms with E-state index in [0.717, 1.165) is 16.9 Å². The van der Waals surface area contributed by atoms with Crippen molar-refractivity contribution in [3.05, 3.63) is 63.6 Å². The van der Waals surface area contributed by atoms with Gasteiger partial charge in [0.1, 0.15) is 6.04 Å². The van der Waals surface area contributed by atoms with Gasteiger partial charge in [0.2, 0.25) is 11.8 Å². The average molecular weight is 467 g/mol. The highest BCUT2D eigenvalue weighted by atomic mass is 35.5. The minimum atomic E-state index is -0.612. The van der Waals surface area contributed by atoms with Crippen molar-refractivity contribution in [1.29, 1.82) is 0 Å². The monoisotopic (exact) mass is 466 g/mol. The van der Waals surface area contributed by atoms with Gasteiger partial charge in [-0.3, -0.25) is 9.59 Å². The first-order valence-electron chi connectivity index (χ1n) is 9.94. The lowest BCUT2D eigenvalue weighted by atomic mass is 10.1. The van der Waals surface area contributed by atoms with Crippen LogP contribution in [0.25, 0.3) is 0 Å². The molecule has 2 atom stereocenters. The Hall–Kier alpha value is -1.69. The maximum atomic E-state index is 13.1. The molecule has 1 N–H and O–H groups in total. The Morgan fingerprint density at radius 2 is 1.73 bits per heavy atom. The lowest BCUT2D eigenvalue weighted by Gasteiger charge is -2.29. The molecule has 0 heterocycles. The molecule has 0 unspecified atom stereocenters. The maximum Gasteiger partial charge on any atom is 0.242 e. The van der Waals surface area contributed by atoms with Crippen LogP contribution in [0.5, 0.6) is 0 Å². The predicted molar refractivity (Wildman–Crippen MR) is 126 cm³/mol. The molecule has 0 aromatic heterocycles. The number of rotatable bonds is 9. The van der Waals surface area contributed by atoms with Crippen LogP contribution in [0, 0.1) is 6.92 Å². The minimum absolute atomic E-state index is 0.0452. The fourth-order valence-corrected chi connectivity index (χ4v) is 3.85. The van der Waals surface area contributed by atoms with Crippen molar-refractivity contribution in [3.8, 4) is 0 Å². The van der Waals surface area contributed by atoms with E-state index in [-0.39, 0.29) is 30.2 Å². The van der Waals surface area contributed by atoms with Gasteiger partial charge in [0.05, 0.1) is 15.8 Å². The number of aryl methyl sites for hydroxylation is 1. The van der Waals surface area contributed by atoms with Crippen LogP contribution in [0.15, 0.2) is 47.4 Å². The molecule has 30 heavy (non-hydrogen) atoms. The fourth-order valence-electron chi connectivity index (χ4n) is 2.75. The lowest BCUT2D eigenvalue weighted by Crippen LogP contribution is -2.50. The number of thioether (sulfide) groups is 1. The van der Waals surface area contributed by atoms with E-state index in [1.165, 1.54) is 17.3 Å². The molecule has 4 nitrogen and oxygen atoms in total. The van der Waals surface area contributed by atoms with E-state index in [1.807, 2.05) is 51.1 Å². The Labute approximate surface area is 193 Å². The van der Waals surface area contributed by atoms with E-state index in [9.17, 15) is 9.59 Å². The molecule has 0 spiro atoms. The highest BCUT2D eigenvalue weighted by molar-refractivity contribution is 8.00. The van der Waals surface area contributed by atoms with Gasteiger partial charge in [0.15, 0.2) is 0 Å². The second-order valence-electron chi connectivity index (χ2n) is 7.37. The Morgan fingerprint density at radius 1 is 1.07 bits per heavy atom. The van der Waals surface area contributed by atoms with Gasteiger partial charge in [-0.25, -0.2) is 0 Å². The van der Waals surface area contributed by atoms with E-state index in [4.69, 9.17) is 23.2 Å². The summed E-state index contributed by atoms with van der Waals surface area (Å²) in [5.74, 6) is -0.0396. The number of amides is 2. The van der Waals surface area contributed by atoms with Crippen LogP contribution in [-0.4, -0.2) is 34.6 Å². The molecule has 0 aliphatic carbocycles. The van der Waals surface area contributed by atoms with E-state index in [2.05, 4.69) is 5.32 Å². The first-order chi connectivity index (χ1) is 14.2. The van der Waals surface area contributed by atoms with Crippen molar-refractivity contribution in [1.82, 2.24) is 10.2 Å².